The van der Waals surface area contributed by atoms with Crippen molar-refractivity contribution >= 4 is 28.4 Å². The lowest BCUT2D eigenvalue weighted by molar-refractivity contribution is -0.384. The highest BCUT2D eigenvalue weighted by Gasteiger charge is 2.18. The molecule has 0 radical (unpaired) electrons. The van der Waals surface area contributed by atoms with Gasteiger partial charge in [-0.1, -0.05) is 60.7 Å². The van der Waals surface area contributed by atoms with Crippen LogP contribution in [0.4, 0.5) is 11.4 Å². The first-order valence-corrected chi connectivity index (χ1v) is 11.2. The van der Waals surface area contributed by atoms with Crippen molar-refractivity contribution in [1.82, 2.24) is 4.98 Å². The number of nitro benzene ring substituents is 1. The van der Waals surface area contributed by atoms with E-state index < -0.39 is 4.92 Å². The van der Waals surface area contributed by atoms with Crippen LogP contribution >= 0.6 is 0 Å². The number of carbonyl (C=O) groups is 1. The van der Waals surface area contributed by atoms with Gasteiger partial charge in [-0.25, -0.2) is 4.98 Å². The number of nitrogens with zero attached hydrogens (tertiary/aromatic N) is 2. The average molecular weight is 463 g/mol. The minimum atomic E-state index is -0.481. The Morgan fingerprint density at radius 1 is 0.886 bits per heavy atom. The molecule has 172 valence electrons. The SMILES string of the molecule is O=C(Nc1ccccc1-c1nc2ccc([N+](=O)[O-])cc2o1)c1ccccc1CCc1ccccc1. The van der Waals surface area contributed by atoms with E-state index >= 15 is 0 Å². The Morgan fingerprint density at radius 2 is 1.63 bits per heavy atom. The van der Waals surface area contributed by atoms with Crippen molar-refractivity contribution < 1.29 is 14.1 Å². The number of carbonyl (C=O) groups excluding carboxylic acids is 1. The van der Waals surface area contributed by atoms with Gasteiger partial charge < -0.3 is 9.73 Å². The second kappa shape index (κ2) is 9.61. The van der Waals surface area contributed by atoms with Crippen LogP contribution in [0.1, 0.15) is 21.5 Å². The molecular weight excluding hydrogens is 442 g/mol. The highest BCUT2D eigenvalue weighted by molar-refractivity contribution is 6.07. The maximum atomic E-state index is 13.3. The van der Waals surface area contributed by atoms with Gasteiger partial charge in [0.05, 0.1) is 22.2 Å². The molecule has 0 aliphatic carbocycles. The molecule has 0 bridgehead atoms. The van der Waals surface area contributed by atoms with E-state index in [2.05, 4.69) is 22.4 Å². The highest BCUT2D eigenvalue weighted by Crippen LogP contribution is 2.32. The fourth-order valence-corrected chi connectivity index (χ4v) is 3.99. The van der Waals surface area contributed by atoms with Crippen LogP contribution in [0.15, 0.2) is 101 Å². The van der Waals surface area contributed by atoms with Gasteiger partial charge in [0.1, 0.15) is 5.52 Å². The summed E-state index contributed by atoms with van der Waals surface area (Å²) < 4.78 is 5.82. The average Bonchev–Trinajstić information content (AvgIpc) is 3.32. The van der Waals surface area contributed by atoms with E-state index in [1.807, 2.05) is 54.6 Å². The van der Waals surface area contributed by atoms with Crippen LogP contribution in [0.25, 0.3) is 22.6 Å². The Balaban J connectivity index is 1.41. The van der Waals surface area contributed by atoms with Gasteiger partial charge >= 0.3 is 0 Å². The van der Waals surface area contributed by atoms with Gasteiger partial charge in [-0.2, -0.15) is 0 Å². The number of anilines is 1. The van der Waals surface area contributed by atoms with E-state index in [0.717, 1.165) is 18.4 Å². The molecule has 1 aromatic heterocycles. The number of non-ortho nitro benzene ring substituents is 1. The summed E-state index contributed by atoms with van der Waals surface area (Å²) >= 11 is 0. The monoisotopic (exact) mass is 463 g/mol. The van der Waals surface area contributed by atoms with Crippen molar-refractivity contribution in [2.45, 2.75) is 12.8 Å². The third kappa shape index (κ3) is 4.79. The number of fused-ring (bicyclic) bond motifs is 1. The van der Waals surface area contributed by atoms with Crippen LogP contribution in [0.2, 0.25) is 0 Å². The first kappa shape index (κ1) is 22.0. The predicted octanol–water partition coefficient (Wildman–Crippen LogP) is 6.44. The molecule has 0 aliphatic rings. The molecule has 7 heteroatoms. The summed E-state index contributed by atoms with van der Waals surface area (Å²) in [6.07, 6.45) is 1.57. The third-order valence-electron chi connectivity index (χ3n) is 5.78. The largest absolute Gasteiger partial charge is 0.436 e. The summed E-state index contributed by atoms with van der Waals surface area (Å²) in [5, 5.41) is 14.1. The molecule has 7 nitrogen and oxygen atoms in total. The molecule has 0 aliphatic heterocycles. The van der Waals surface area contributed by atoms with Gasteiger partial charge in [-0.05, 0) is 48.2 Å². The molecule has 1 amide bonds. The molecule has 0 spiro atoms. The van der Waals surface area contributed by atoms with E-state index in [-0.39, 0.29) is 17.5 Å². The smallest absolute Gasteiger partial charge is 0.273 e. The molecule has 0 unspecified atom stereocenters. The van der Waals surface area contributed by atoms with E-state index in [0.29, 0.717) is 27.9 Å². The van der Waals surface area contributed by atoms with E-state index in [1.54, 1.807) is 18.2 Å². The molecule has 0 saturated heterocycles. The molecule has 35 heavy (non-hydrogen) atoms. The zero-order chi connectivity index (χ0) is 24.2. The summed E-state index contributed by atoms with van der Waals surface area (Å²) in [5.41, 5.74) is 4.63. The molecule has 1 heterocycles. The van der Waals surface area contributed by atoms with Crippen molar-refractivity contribution in [2.75, 3.05) is 5.32 Å². The number of amides is 1. The summed E-state index contributed by atoms with van der Waals surface area (Å²) in [4.78, 5) is 28.3. The van der Waals surface area contributed by atoms with Crippen LogP contribution in [0.3, 0.4) is 0 Å². The van der Waals surface area contributed by atoms with E-state index in [1.165, 1.54) is 17.7 Å². The standard InChI is InChI=1S/C28H21N3O4/c32-27(22-11-5-4-10-20(22)15-14-19-8-2-1-3-9-19)29-24-13-7-6-12-23(24)28-30-25-17-16-21(31(33)34)18-26(25)35-28/h1-13,16-18H,14-15H2,(H,29,32). The Hall–Kier alpha value is -4.78. The maximum absolute atomic E-state index is 13.3. The first-order chi connectivity index (χ1) is 17.1. The summed E-state index contributed by atoms with van der Waals surface area (Å²) in [6.45, 7) is 0. The summed E-state index contributed by atoms with van der Waals surface area (Å²) in [5.74, 6) is 0.0432. The number of aromatic nitrogens is 1. The van der Waals surface area contributed by atoms with Crippen molar-refractivity contribution in [2.24, 2.45) is 0 Å². The van der Waals surface area contributed by atoms with Crippen LogP contribution < -0.4 is 5.32 Å². The Morgan fingerprint density at radius 3 is 2.46 bits per heavy atom. The number of rotatable bonds is 7. The van der Waals surface area contributed by atoms with Gasteiger partial charge in [-0.15, -0.1) is 0 Å². The lowest BCUT2D eigenvalue weighted by Crippen LogP contribution is -2.15. The minimum Gasteiger partial charge on any atom is -0.436 e. The summed E-state index contributed by atoms with van der Waals surface area (Å²) in [6, 6.07) is 29.2. The second-order valence-electron chi connectivity index (χ2n) is 8.07. The van der Waals surface area contributed by atoms with Crippen LogP contribution in [-0.4, -0.2) is 15.8 Å². The number of nitrogens with one attached hydrogen (secondary N) is 1. The molecule has 5 aromatic rings. The van der Waals surface area contributed by atoms with E-state index in [4.69, 9.17) is 4.42 Å². The molecule has 5 rings (SSSR count). The van der Waals surface area contributed by atoms with Crippen LogP contribution in [0, 0.1) is 10.1 Å². The van der Waals surface area contributed by atoms with Gasteiger partial charge in [-0.3, -0.25) is 14.9 Å². The van der Waals surface area contributed by atoms with Gasteiger partial charge in [0.2, 0.25) is 5.89 Å². The van der Waals surface area contributed by atoms with Crippen molar-refractivity contribution in [1.29, 1.82) is 0 Å². The topological polar surface area (TPSA) is 98.3 Å². The van der Waals surface area contributed by atoms with Gasteiger partial charge in [0, 0.05) is 11.6 Å². The molecule has 0 fully saturated rings. The molecule has 1 N–H and O–H groups in total. The van der Waals surface area contributed by atoms with Gasteiger partial charge in [0.25, 0.3) is 11.6 Å². The fraction of sp³-hybridized carbons (Fsp3) is 0.0714. The van der Waals surface area contributed by atoms with E-state index in [9.17, 15) is 14.9 Å². The zero-order valence-corrected chi connectivity index (χ0v) is 18.7. The summed E-state index contributed by atoms with van der Waals surface area (Å²) in [7, 11) is 0. The maximum Gasteiger partial charge on any atom is 0.273 e. The number of nitro groups is 1. The number of oxazole rings is 1. The predicted molar refractivity (Wildman–Crippen MR) is 134 cm³/mol. The Kier molecular flexibility index (Phi) is 6.05. The molecule has 0 atom stereocenters. The number of hydrogen-bond donors (Lipinski definition) is 1. The quantitative estimate of drug-likeness (QED) is 0.221. The third-order valence-corrected chi connectivity index (χ3v) is 5.78. The number of para-hydroxylation sites is 1. The highest BCUT2D eigenvalue weighted by atomic mass is 16.6. The zero-order valence-electron chi connectivity index (χ0n) is 18.7. The van der Waals surface area contributed by atoms with Gasteiger partial charge in [0.15, 0.2) is 5.58 Å². The van der Waals surface area contributed by atoms with Crippen molar-refractivity contribution in [3.63, 3.8) is 0 Å². The number of benzene rings is 4. The second-order valence-corrected chi connectivity index (χ2v) is 8.07. The lowest BCUT2D eigenvalue weighted by atomic mass is 9.99. The lowest BCUT2D eigenvalue weighted by Gasteiger charge is -2.12. The van der Waals surface area contributed by atoms with Crippen molar-refractivity contribution in [3.05, 3.63) is 124 Å². The minimum absolute atomic E-state index is 0.0751. The fourth-order valence-electron chi connectivity index (χ4n) is 3.99. The Bertz CT molecular complexity index is 1530. The van der Waals surface area contributed by atoms with Crippen molar-refractivity contribution in [3.8, 4) is 11.5 Å². The normalized spacial score (nSPS) is 10.9. The first-order valence-electron chi connectivity index (χ1n) is 11.2. The number of aryl methyl sites for hydroxylation is 2. The molecule has 4 aromatic carbocycles. The number of hydrogen-bond acceptors (Lipinski definition) is 5. The Labute approximate surface area is 201 Å². The van der Waals surface area contributed by atoms with Crippen LogP contribution in [-0.2, 0) is 12.8 Å². The van der Waals surface area contributed by atoms with Crippen LogP contribution in [0.5, 0.6) is 0 Å². The molecule has 0 saturated carbocycles. The molecular formula is C28H21N3O4.